The molecule has 2 saturated heterocycles. The SMILES string of the molecule is CC1=C2[C@@H](CC/C(=C/c3cccc(O)c3)c3ccccc3)OB(O)C[C@@H]2[C@@H]2C(=O)N(c3ccc(Nc4ccccc4)cc3)C(=O)[C@@H]2C1. The molecule has 3 aliphatic rings. The fourth-order valence-corrected chi connectivity index (χ4v) is 7.61. The van der Waals surface area contributed by atoms with Gasteiger partial charge in [0.1, 0.15) is 5.75 Å². The number of carbonyl (C=O) groups is 2. The van der Waals surface area contributed by atoms with Gasteiger partial charge >= 0.3 is 7.12 Å². The summed E-state index contributed by atoms with van der Waals surface area (Å²) in [6.45, 7) is 2.04. The van der Waals surface area contributed by atoms with Crippen LogP contribution in [0.5, 0.6) is 5.75 Å². The first-order valence-electron chi connectivity index (χ1n) is 16.2. The summed E-state index contributed by atoms with van der Waals surface area (Å²) in [4.78, 5) is 29.3. The molecule has 3 N–H and O–H groups in total. The molecule has 7 nitrogen and oxygen atoms in total. The van der Waals surface area contributed by atoms with Crippen molar-refractivity contribution in [2.24, 2.45) is 17.8 Å². The van der Waals surface area contributed by atoms with Gasteiger partial charge < -0.3 is 20.1 Å². The van der Waals surface area contributed by atoms with E-state index in [1.807, 2.05) is 91.9 Å². The normalized spacial score (nSPS) is 22.7. The molecule has 0 bridgehead atoms. The number of phenols is 1. The van der Waals surface area contributed by atoms with E-state index in [1.54, 1.807) is 12.1 Å². The van der Waals surface area contributed by atoms with Crippen molar-refractivity contribution in [3.63, 3.8) is 0 Å². The summed E-state index contributed by atoms with van der Waals surface area (Å²) in [6, 6.07) is 34.4. The Kier molecular flexibility index (Phi) is 8.54. The molecule has 0 radical (unpaired) electrons. The van der Waals surface area contributed by atoms with Gasteiger partial charge in [-0.15, -0.1) is 0 Å². The van der Waals surface area contributed by atoms with Crippen LogP contribution in [0.4, 0.5) is 17.1 Å². The highest BCUT2D eigenvalue weighted by molar-refractivity contribution is 6.43. The molecule has 4 aromatic rings. The minimum atomic E-state index is -1.03. The van der Waals surface area contributed by atoms with Crippen molar-refractivity contribution in [1.82, 2.24) is 0 Å². The molecule has 7 rings (SSSR count). The Morgan fingerprint density at radius 2 is 1.60 bits per heavy atom. The molecule has 0 unspecified atom stereocenters. The molecule has 8 heteroatoms. The summed E-state index contributed by atoms with van der Waals surface area (Å²) in [6.07, 6.45) is 3.70. The number of hydrogen-bond donors (Lipinski definition) is 3. The second-order valence-corrected chi connectivity index (χ2v) is 12.7. The summed E-state index contributed by atoms with van der Waals surface area (Å²) in [5, 5.41) is 24.3. The number of allylic oxidation sites excluding steroid dienone is 2. The van der Waals surface area contributed by atoms with Gasteiger partial charge in [-0.05, 0) is 109 Å². The Hall–Kier alpha value is -4.92. The average molecular weight is 625 g/mol. The van der Waals surface area contributed by atoms with Gasteiger partial charge in [0.25, 0.3) is 0 Å². The van der Waals surface area contributed by atoms with Crippen LogP contribution in [0.1, 0.15) is 37.3 Å². The number of para-hydroxylation sites is 1. The van der Waals surface area contributed by atoms with E-state index >= 15 is 0 Å². The quantitative estimate of drug-likeness (QED) is 0.0814. The van der Waals surface area contributed by atoms with Crippen molar-refractivity contribution < 1.29 is 24.4 Å². The van der Waals surface area contributed by atoms with Crippen LogP contribution in [-0.2, 0) is 14.2 Å². The second kappa shape index (κ2) is 13.1. The van der Waals surface area contributed by atoms with Gasteiger partial charge in [-0.1, -0.05) is 72.3 Å². The van der Waals surface area contributed by atoms with Crippen molar-refractivity contribution in [3.8, 4) is 5.75 Å². The van der Waals surface area contributed by atoms with Crippen LogP contribution in [0.3, 0.4) is 0 Å². The number of phenolic OH excluding ortho intramolecular Hbond substituents is 1. The molecule has 236 valence electrons. The van der Waals surface area contributed by atoms with Crippen LogP contribution in [0, 0.1) is 17.8 Å². The van der Waals surface area contributed by atoms with Crippen LogP contribution in [0.2, 0.25) is 6.32 Å². The topological polar surface area (TPSA) is 99.1 Å². The van der Waals surface area contributed by atoms with E-state index < -0.39 is 19.0 Å². The first kappa shape index (κ1) is 30.7. The van der Waals surface area contributed by atoms with E-state index in [9.17, 15) is 19.7 Å². The lowest BCUT2D eigenvalue weighted by Crippen LogP contribution is -2.46. The number of benzene rings is 4. The zero-order valence-electron chi connectivity index (χ0n) is 26.3. The standard InChI is InChI=1S/C39H37BN2O5/c1-25-21-33-37(39(45)42(38(33)44)31-18-16-30(17-19-31)41-29-12-6-3-7-13-29)34-24-40(46)47-35(36(25)34)20-15-28(27-10-4-2-5-11-27)22-26-9-8-14-32(43)23-26/h2-14,16-19,22-23,33-35,37,41,43,46H,15,20-21,24H2,1H3/b28-22-/t33-,34+,35-,37-/m1/s1. The van der Waals surface area contributed by atoms with Gasteiger partial charge in [-0.3, -0.25) is 14.5 Å². The molecule has 0 spiro atoms. The lowest BCUT2D eigenvalue weighted by molar-refractivity contribution is -0.122. The summed E-state index contributed by atoms with van der Waals surface area (Å²) in [7, 11) is -1.03. The van der Waals surface area contributed by atoms with E-state index in [2.05, 4.69) is 23.5 Å². The molecule has 0 aromatic heterocycles. The monoisotopic (exact) mass is 624 g/mol. The minimum absolute atomic E-state index is 0.180. The van der Waals surface area contributed by atoms with Crippen molar-refractivity contribution in [2.45, 2.75) is 38.6 Å². The Morgan fingerprint density at radius 1 is 0.894 bits per heavy atom. The number of amides is 2. The van der Waals surface area contributed by atoms with Gasteiger partial charge in [-0.2, -0.15) is 0 Å². The van der Waals surface area contributed by atoms with Gasteiger partial charge in [-0.25, -0.2) is 0 Å². The van der Waals surface area contributed by atoms with Gasteiger partial charge in [0.15, 0.2) is 0 Å². The molecule has 2 amide bonds. The molecule has 47 heavy (non-hydrogen) atoms. The summed E-state index contributed by atoms with van der Waals surface area (Å²) in [5.74, 6) is -1.47. The zero-order chi connectivity index (χ0) is 32.5. The number of fused-ring (bicyclic) bond motifs is 3. The third-order valence-electron chi connectivity index (χ3n) is 9.67. The summed E-state index contributed by atoms with van der Waals surface area (Å²) < 4.78 is 6.18. The molecular formula is C39H37BN2O5. The highest BCUT2D eigenvalue weighted by Crippen LogP contribution is 2.51. The number of imide groups is 1. The lowest BCUT2D eigenvalue weighted by Gasteiger charge is -2.42. The number of rotatable bonds is 8. The van der Waals surface area contributed by atoms with Crippen LogP contribution in [-0.4, -0.2) is 35.2 Å². The van der Waals surface area contributed by atoms with Crippen LogP contribution >= 0.6 is 0 Å². The third-order valence-corrected chi connectivity index (χ3v) is 9.67. The molecule has 4 aromatic carbocycles. The molecule has 2 aliphatic heterocycles. The van der Waals surface area contributed by atoms with Crippen molar-refractivity contribution in [2.75, 3.05) is 10.2 Å². The largest absolute Gasteiger partial charge is 0.508 e. The molecule has 2 heterocycles. The Bertz CT molecular complexity index is 1840. The van der Waals surface area contributed by atoms with Crippen LogP contribution in [0.25, 0.3) is 11.6 Å². The van der Waals surface area contributed by atoms with E-state index in [0.717, 1.165) is 39.2 Å². The van der Waals surface area contributed by atoms with Gasteiger partial charge in [0, 0.05) is 11.4 Å². The van der Waals surface area contributed by atoms with Gasteiger partial charge in [0.2, 0.25) is 11.8 Å². The first-order valence-corrected chi connectivity index (χ1v) is 16.2. The van der Waals surface area contributed by atoms with E-state index in [1.165, 1.54) is 4.90 Å². The fraction of sp³-hybridized carbons (Fsp3) is 0.231. The fourth-order valence-electron chi connectivity index (χ4n) is 7.61. The molecule has 4 atom stereocenters. The summed E-state index contributed by atoms with van der Waals surface area (Å²) in [5.41, 5.74) is 7.51. The van der Waals surface area contributed by atoms with Crippen molar-refractivity contribution in [3.05, 3.63) is 131 Å². The average Bonchev–Trinajstić information content (AvgIpc) is 3.32. The summed E-state index contributed by atoms with van der Waals surface area (Å²) >= 11 is 0. The first-order chi connectivity index (χ1) is 22.9. The maximum absolute atomic E-state index is 14.1. The van der Waals surface area contributed by atoms with E-state index in [0.29, 0.717) is 24.9 Å². The zero-order valence-corrected chi connectivity index (χ0v) is 26.3. The molecular weight excluding hydrogens is 587 g/mol. The second-order valence-electron chi connectivity index (χ2n) is 12.7. The third kappa shape index (κ3) is 6.27. The predicted molar refractivity (Wildman–Crippen MR) is 186 cm³/mol. The number of nitrogens with one attached hydrogen (secondary N) is 1. The molecule has 2 fully saturated rings. The number of hydrogen-bond acceptors (Lipinski definition) is 6. The maximum Gasteiger partial charge on any atom is 0.455 e. The Labute approximate surface area is 275 Å². The van der Waals surface area contributed by atoms with Crippen molar-refractivity contribution in [1.29, 1.82) is 0 Å². The number of carbonyl (C=O) groups excluding carboxylic acids is 2. The number of anilines is 3. The van der Waals surface area contributed by atoms with Gasteiger partial charge in [0.05, 0.1) is 23.6 Å². The van der Waals surface area contributed by atoms with Crippen molar-refractivity contribution >= 4 is 47.6 Å². The number of nitrogens with zero attached hydrogens (tertiary/aromatic N) is 1. The minimum Gasteiger partial charge on any atom is -0.508 e. The lowest BCUT2D eigenvalue weighted by atomic mass is 9.58. The smallest absolute Gasteiger partial charge is 0.455 e. The Morgan fingerprint density at radius 3 is 2.32 bits per heavy atom. The highest BCUT2D eigenvalue weighted by Gasteiger charge is 2.57. The predicted octanol–water partition coefficient (Wildman–Crippen LogP) is 7.48. The van der Waals surface area contributed by atoms with E-state index in [-0.39, 0.29) is 35.9 Å². The highest BCUT2D eigenvalue weighted by atomic mass is 16.5. The maximum atomic E-state index is 14.1. The molecule has 0 saturated carbocycles. The van der Waals surface area contributed by atoms with E-state index in [4.69, 9.17) is 4.65 Å². The molecule has 1 aliphatic carbocycles. The van der Waals surface area contributed by atoms with Crippen LogP contribution < -0.4 is 10.2 Å². The Balaban J connectivity index is 1.12. The van der Waals surface area contributed by atoms with Crippen LogP contribution in [0.15, 0.2) is 120 Å². The number of aromatic hydroxyl groups is 1.